The van der Waals surface area contributed by atoms with Crippen molar-refractivity contribution >= 4 is 23.2 Å². The standard InChI is InChI=1S/C18H20N4O4/c1-13(10-17(23)20-14-4-3-9-19-11-14)21-22-18(24)12-26-16-7-5-15(25-2)6-8-16/h3-9,11H,10,12H2,1-2H3,(H,20,23)(H,22,24)/b21-13-. The van der Waals surface area contributed by atoms with Crippen molar-refractivity contribution in [2.24, 2.45) is 5.10 Å². The van der Waals surface area contributed by atoms with Crippen LogP contribution >= 0.6 is 0 Å². The minimum absolute atomic E-state index is 0.0501. The summed E-state index contributed by atoms with van der Waals surface area (Å²) >= 11 is 0. The summed E-state index contributed by atoms with van der Waals surface area (Å²) in [5.41, 5.74) is 3.41. The molecule has 2 rings (SSSR count). The van der Waals surface area contributed by atoms with Gasteiger partial charge < -0.3 is 14.8 Å². The van der Waals surface area contributed by atoms with Crippen LogP contribution in [0.2, 0.25) is 0 Å². The Morgan fingerprint density at radius 1 is 1.12 bits per heavy atom. The molecule has 0 radical (unpaired) electrons. The van der Waals surface area contributed by atoms with Gasteiger partial charge in [-0.1, -0.05) is 0 Å². The molecule has 0 aliphatic carbocycles. The maximum Gasteiger partial charge on any atom is 0.277 e. The molecule has 0 saturated carbocycles. The molecule has 8 nitrogen and oxygen atoms in total. The van der Waals surface area contributed by atoms with E-state index in [0.717, 1.165) is 0 Å². The van der Waals surface area contributed by atoms with Gasteiger partial charge >= 0.3 is 0 Å². The maximum absolute atomic E-state index is 11.9. The van der Waals surface area contributed by atoms with Gasteiger partial charge in [0.05, 0.1) is 25.4 Å². The fourth-order valence-corrected chi connectivity index (χ4v) is 1.92. The second-order valence-electron chi connectivity index (χ2n) is 5.31. The smallest absolute Gasteiger partial charge is 0.277 e. The zero-order valence-corrected chi connectivity index (χ0v) is 14.6. The molecule has 2 amide bonds. The first-order valence-electron chi connectivity index (χ1n) is 7.85. The molecule has 1 heterocycles. The number of carbonyl (C=O) groups excluding carboxylic acids is 2. The molecule has 1 aromatic heterocycles. The maximum atomic E-state index is 11.9. The third kappa shape index (κ3) is 6.60. The lowest BCUT2D eigenvalue weighted by molar-refractivity contribution is -0.123. The average molecular weight is 356 g/mol. The predicted molar refractivity (Wildman–Crippen MR) is 97.2 cm³/mol. The molecular formula is C18H20N4O4. The highest BCUT2D eigenvalue weighted by Crippen LogP contribution is 2.16. The van der Waals surface area contributed by atoms with E-state index >= 15 is 0 Å². The van der Waals surface area contributed by atoms with Crippen LogP contribution in [0.25, 0.3) is 0 Å². The number of anilines is 1. The van der Waals surface area contributed by atoms with Gasteiger partial charge in [-0.15, -0.1) is 0 Å². The summed E-state index contributed by atoms with van der Waals surface area (Å²) in [7, 11) is 1.57. The van der Waals surface area contributed by atoms with Gasteiger partial charge in [-0.05, 0) is 43.3 Å². The molecule has 0 atom stereocenters. The summed E-state index contributed by atoms with van der Waals surface area (Å²) in [6.07, 6.45) is 3.21. The van der Waals surface area contributed by atoms with E-state index in [1.54, 1.807) is 62.8 Å². The number of benzene rings is 1. The number of pyridine rings is 1. The number of hydrazone groups is 1. The molecule has 0 spiro atoms. The zero-order valence-electron chi connectivity index (χ0n) is 14.6. The number of rotatable bonds is 8. The van der Waals surface area contributed by atoms with Gasteiger partial charge in [0.1, 0.15) is 11.5 Å². The van der Waals surface area contributed by atoms with Gasteiger partial charge in [-0.25, -0.2) is 5.43 Å². The van der Waals surface area contributed by atoms with Crippen LogP contribution in [0.4, 0.5) is 5.69 Å². The van der Waals surface area contributed by atoms with E-state index in [4.69, 9.17) is 9.47 Å². The summed E-state index contributed by atoms with van der Waals surface area (Å²) in [4.78, 5) is 27.5. The fourth-order valence-electron chi connectivity index (χ4n) is 1.92. The van der Waals surface area contributed by atoms with E-state index in [0.29, 0.717) is 22.9 Å². The molecule has 0 aliphatic rings. The molecule has 0 bridgehead atoms. The van der Waals surface area contributed by atoms with Crippen LogP contribution in [0, 0.1) is 0 Å². The Labute approximate surface area is 151 Å². The second-order valence-corrected chi connectivity index (χ2v) is 5.31. The number of nitrogens with one attached hydrogen (secondary N) is 2. The van der Waals surface area contributed by atoms with Gasteiger partial charge in [0.15, 0.2) is 6.61 Å². The number of ether oxygens (including phenoxy) is 2. The SMILES string of the molecule is COc1ccc(OCC(=O)N/N=C(/C)CC(=O)Nc2cccnc2)cc1. The van der Waals surface area contributed by atoms with Crippen molar-refractivity contribution in [2.75, 3.05) is 19.0 Å². The first-order chi connectivity index (χ1) is 12.6. The molecule has 1 aromatic carbocycles. The number of aromatic nitrogens is 1. The number of hydrogen-bond donors (Lipinski definition) is 2. The summed E-state index contributed by atoms with van der Waals surface area (Å²) in [5.74, 6) is 0.569. The van der Waals surface area contributed by atoms with E-state index in [2.05, 4.69) is 20.8 Å². The number of amides is 2. The monoisotopic (exact) mass is 356 g/mol. The molecule has 0 unspecified atom stereocenters. The first kappa shape index (κ1) is 18.9. The van der Waals surface area contributed by atoms with Crippen LogP contribution in [0.15, 0.2) is 53.9 Å². The van der Waals surface area contributed by atoms with E-state index in [9.17, 15) is 9.59 Å². The van der Waals surface area contributed by atoms with E-state index in [1.165, 1.54) is 0 Å². The second kappa shape index (κ2) is 9.77. The van der Waals surface area contributed by atoms with Crippen LogP contribution in [0.5, 0.6) is 11.5 Å². The van der Waals surface area contributed by atoms with Gasteiger partial charge in [0, 0.05) is 11.9 Å². The first-order valence-corrected chi connectivity index (χ1v) is 7.85. The molecule has 2 N–H and O–H groups in total. The normalized spacial score (nSPS) is 10.8. The van der Waals surface area contributed by atoms with Crippen LogP contribution in [0.3, 0.4) is 0 Å². The van der Waals surface area contributed by atoms with Crippen molar-refractivity contribution in [3.8, 4) is 11.5 Å². The number of carbonyl (C=O) groups is 2. The quantitative estimate of drug-likeness (QED) is 0.556. The van der Waals surface area contributed by atoms with Crippen molar-refractivity contribution in [3.63, 3.8) is 0 Å². The Balaban J connectivity index is 1.72. The fraction of sp³-hybridized carbons (Fsp3) is 0.222. The molecule has 26 heavy (non-hydrogen) atoms. The lowest BCUT2D eigenvalue weighted by atomic mass is 10.3. The number of methoxy groups -OCH3 is 1. The predicted octanol–water partition coefficient (Wildman–Crippen LogP) is 1.99. The highest BCUT2D eigenvalue weighted by Gasteiger charge is 2.06. The Morgan fingerprint density at radius 3 is 2.50 bits per heavy atom. The summed E-state index contributed by atoms with van der Waals surface area (Å²) in [5, 5.41) is 6.57. The zero-order chi connectivity index (χ0) is 18.8. The molecule has 0 fully saturated rings. The average Bonchev–Trinajstić information content (AvgIpc) is 2.65. The van der Waals surface area contributed by atoms with Gasteiger partial charge in [-0.2, -0.15) is 5.10 Å². The van der Waals surface area contributed by atoms with E-state index < -0.39 is 5.91 Å². The Morgan fingerprint density at radius 2 is 1.85 bits per heavy atom. The molecule has 8 heteroatoms. The largest absolute Gasteiger partial charge is 0.497 e. The van der Waals surface area contributed by atoms with E-state index in [-0.39, 0.29) is 18.9 Å². The van der Waals surface area contributed by atoms with Gasteiger partial charge in [0.2, 0.25) is 5.91 Å². The third-order valence-corrected chi connectivity index (χ3v) is 3.16. The van der Waals surface area contributed by atoms with E-state index in [1.807, 2.05) is 0 Å². The van der Waals surface area contributed by atoms with Crippen molar-refractivity contribution in [3.05, 3.63) is 48.8 Å². The van der Waals surface area contributed by atoms with Crippen molar-refractivity contribution < 1.29 is 19.1 Å². The topological polar surface area (TPSA) is 102 Å². The van der Waals surface area contributed by atoms with Crippen molar-refractivity contribution in [1.29, 1.82) is 0 Å². The van der Waals surface area contributed by atoms with Crippen LogP contribution in [-0.4, -0.2) is 36.2 Å². The molecule has 136 valence electrons. The lowest BCUT2D eigenvalue weighted by Gasteiger charge is -2.07. The Hall–Kier alpha value is -3.42. The molecule has 0 saturated heterocycles. The number of hydrogen-bond acceptors (Lipinski definition) is 6. The highest BCUT2D eigenvalue weighted by atomic mass is 16.5. The summed E-state index contributed by atoms with van der Waals surface area (Å²) in [6.45, 7) is 1.46. The summed E-state index contributed by atoms with van der Waals surface area (Å²) in [6, 6.07) is 10.3. The molecule has 0 aliphatic heterocycles. The van der Waals surface area contributed by atoms with Gasteiger partial charge in [-0.3, -0.25) is 14.6 Å². The molecular weight excluding hydrogens is 336 g/mol. The van der Waals surface area contributed by atoms with Crippen LogP contribution in [-0.2, 0) is 9.59 Å². The Bertz CT molecular complexity index is 761. The van der Waals surface area contributed by atoms with Crippen LogP contribution < -0.4 is 20.2 Å². The third-order valence-electron chi connectivity index (χ3n) is 3.16. The van der Waals surface area contributed by atoms with Gasteiger partial charge in [0.25, 0.3) is 5.91 Å². The van der Waals surface area contributed by atoms with Crippen molar-refractivity contribution in [2.45, 2.75) is 13.3 Å². The highest BCUT2D eigenvalue weighted by molar-refractivity contribution is 6.05. The minimum Gasteiger partial charge on any atom is -0.497 e. The summed E-state index contributed by atoms with van der Waals surface area (Å²) < 4.78 is 10.4. The lowest BCUT2D eigenvalue weighted by Crippen LogP contribution is -2.26. The molecule has 2 aromatic rings. The minimum atomic E-state index is -0.423. The van der Waals surface area contributed by atoms with Crippen molar-refractivity contribution in [1.82, 2.24) is 10.4 Å². The Kier molecular flexibility index (Phi) is 7.11. The van der Waals surface area contributed by atoms with Crippen LogP contribution in [0.1, 0.15) is 13.3 Å². The number of nitrogens with zero attached hydrogens (tertiary/aromatic N) is 2.